The molecule has 5 N–H and O–H groups in total. The van der Waals surface area contributed by atoms with E-state index < -0.39 is 4.92 Å². The highest BCUT2D eigenvalue weighted by atomic mass is 16.6. The third-order valence-electron chi connectivity index (χ3n) is 3.23. The monoisotopic (exact) mass is 351 g/mol. The number of nitro benzene ring substituents is 1. The van der Waals surface area contributed by atoms with E-state index in [1.807, 2.05) is 0 Å². The Morgan fingerprint density at radius 3 is 2.27 bits per heavy atom. The maximum Gasteiger partial charge on any atom is 0.269 e. The minimum Gasteiger partial charge on any atom is -0.368 e. The van der Waals surface area contributed by atoms with Crippen LogP contribution in [0.15, 0.2) is 58.9 Å². The van der Waals surface area contributed by atoms with Crippen LogP contribution in [0.5, 0.6) is 0 Å². The Bertz CT molecular complexity index is 953. The van der Waals surface area contributed by atoms with Crippen LogP contribution in [0.25, 0.3) is 11.4 Å². The predicted octanol–water partition coefficient (Wildman–Crippen LogP) is 2.72. The summed E-state index contributed by atoms with van der Waals surface area (Å²) in [4.78, 5) is 22.0. The first-order valence-corrected chi connectivity index (χ1v) is 7.30. The molecular formula is C15H13N9O2. The second kappa shape index (κ2) is 7.17. The number of rotatable bonds is 5. The average molecular weight is 351 g/mol. The molecule has 1 aromatic heterocycles. The quantitative estimate of drug-likeness (QED) is 0.357. The van der Waals surface area contributed by atoms with E-state index in [-0.39, 0.29) is 23.4 Å². The summed E-state index contributed by atoms with van der Waals surface area (Å²) in [5.41, 5.74) is 15.5. The molecule has 0 saturated heterocycles. The zero-order valence-corrected chi connectivity index (χ0v) is 13.3. The van der Waals surface area contributed by atoms with Crippen molar-refractivity contribution in [3.63, 3.8) is 0 Å². The van der Waals surface area contributed by atoms with Crippen LogP contribution in [0, 0.1) is 10.1 Å². The van der Waals surface area contributed by atoms with E-state index in [4.69, 9.17) is 11.5 Å². The van der Waals surface area contributed by atoms with Crippen LogP contribution in [0.3, 0.4) is 0 Å². The molecule has 0 radical (unpaired) electrons. The van der Waals surface area contributed by atoms with Crippen LogP contribution >= 0.6 is 0 Å². The van der Waals surface area contributed by atoms with Gasteiger partial charge in [-0.05, 0) is 24.3 Å². The standard InChI is InChI=1S/C15H13N9O2/c16-14-18-13(19-15(17)20-14)11-3-1-2-4-12(11)22-23-21-9-5-7-10(8-6-9)24(25)26/h1-8H,(H,21,22)(H4,16,17,18,19,20). The summed E-state index contributed by atoms with van der Waals surface area (Å²) in [6.07, 6.45) is 0. The Morgan fingerprint density at radius 1 is 0.962 bits per heavy atom. The van der Waals surface area contributed by atoms with E-state index in [1.165, 1.54) is 24.3 Å². The van der Waals surface area contributed by atoms with Crippen molar-refractivity contribution in [3.8, 4) is 11.4 Å². The van der Waals surface area contributed by atoms with Gasteiger partial charge in [0.2, 0.25) is 11.9 Å². The van der Waals surface area contributed by atoms with Gasteiger partial charge in [0.05, 0.1) is 16.3 Å². The molecule has 0 unspecified atom stereocenters. The Kier molecular flexibility index (Phi) is 4.60. The summed E-state index contributed by atoms with van der Waals surface area (Å²) in [6, 6.07) is 12.8. The van der Waals surface area contributed by atoms with Crippen LogP contribution in [0.1, 0.15) is 0 Å². The van der Waals surface area contributed by atoms with Gasteiger partial charge < -0.3 is 11.5 Å². The predicted molar refractivity (Wildman–Crippen MR) is 95.3 cm³/mol. The van der Waals surface area contributed by atoms with E-state index in [1.54, 1.807) is 24.3 Å². The number of nitrogens with zero attached hydrogens (tertiary/aromatic N) is 6. The van der Waals surface area contributed by atoms with Crippen LogP contribution in [-0.2, 0) is 0 Å². The van der Waals surface area contributed by atoms with E-state index >= 15 is 0 Å². The molecule has 1 heterocycles. The lowest BCUT2D eigenvalue weighted by atomic mass is 10.2. The fourth-order valence-electron chi connectivity index (χ4n) is 2.07. The third-order valence-corrected chi connectivity index (χ3v) is 3.23. The van der Waals surface area contributed by atoms with Gasteiger partial charge >= 0.3 is 0 Å². The van der Waals surface area contributed by atoms with Gasteiger partial charge in [0.1, 0.15) is 0 Å². The number of aromatic nitrogens is 3. The van der Waals surface area contributed by atoms with E-state index in [0.29, 0.717) is 16.9 Å². The van der Waals surface area contributed by atoms with Crippen molar-refractivity contribution in [3.05, 3.63) is 58.6 Å². The van der Waals surface area contributed by atoms with Crippen molar-refractivity contribution in [1.82, 2.24) is 15.0 Å². The molecule has 11 heteroatoms. The number of nitrogens with two attached hydrogens (primary N) is 2. The maximum absolute atomic E-state index is 10.6. The highest BCUT2D eigenvalue weighted by molar-refractivity contribution is 5.71. The molecule has 0 atom stereocenters. The number of anilines is 3. The van der Waals surface area contributed by atoms with E-state index in [2.05, 4.69) is 30.7 Å². The number of nitro groups is 1. The third kappa shape index (κ3) is 3.84. The summed E-state index contributed by atoms with van der Waals surface area (Å²) in [5.74, 6) is 0.284. The molecule has 0 spiro atoms. The van der Waals surface area contributed by atoms with Gasteiger partial charge in [-0.3, -0.25) is 15.5 Å². The van der Waals surface area contributed by atoms with Gasteiger partial charge in [0.15, 0.2) is 5.82 Å². The molecule has 0 bridgehead atoms. The highest BCUT2D eigenvalue weighted by Gasteiger charge is 2.10. The number of nitrogen functional groups attached to an aromatic ring is 2. The highest BCUT2D eigenvalue weighted by Crippen LogP contribution is 2.28. The molecule has 3 aromatic rings. The summed E-state index contributed by atoms with van der Waals surface area (Å²) in [5, 5.41) is 18.6. The van der Waals surface area contributed by atoms with Gasteiger partial charge in [-0.1, -0.05) is 17.4 Å². The first kappa shape index (κ1) is 16.7. The number of benzene rings is 2. The zero-order valence-electron chi connectivity index (χ0n) is 13.3. The van der Waals surface area contributed by atoms with Gasteiger partial charge in [0.25, 0.3) is 5.69 Å². The molecule has 0 amide bonds. The van der Waals surface area contributed by atoms with Crippen molar-refractivity contribution in [2.75, 3.05) is 16.9 Å². The second-order valence-corrected chi connectivity index (χ2v) is 5.01. The normalized spacial score (nSPS) is 10.8. The fraction of sp³-hybridized carbons (Fsp3) is 0. The molecule has 0 aliphatic rings. The van der Waals surface area contributed by atoms with Crippen molar-refractivity contribution in [2.45, 2.75) is 0 Å². The Labute approximate surface area is 147 Å². The van der Waals surface area contributed by atoms with Crippen molar-refractivity contribution < 1.29 is 4.92 Å². The first-order valence-electron chi connectivity index (χ1n) is 7.30. The van der Waals surface area contributed by atoms with Crippen LogP contribution in [-0.4, -0.2) is 19.9 Å². The molecule has 0 fully saturated rings. The molecule has 11 nitrogen and oxygen atoms in total. The lowest BCUT2D eigenvalue weighted by Crippen LogP contribution is -2.04. The lowest BCUT2D eigenvalue weighted by Gasteiger charge is -2.05. The van der Waals surface area contributed by atoms with E-state index in [9.17, 15) is 10.1 Å². The Hall–Kier alpha value is -4.15. The zero-order chi connectivity index (χ0) is 18.5. The Morgan fingerprint density at radius 2 is 1.62 bits per heavy atom. The average Bonchev–Trinajstić information content (AvgIpc) is 2.62. The number of hydrogen-bond donors (Lipinski definition) is 3. The Balaban J connectivity index is 1.82. The molecule has 3 rings (SSSR count). The van der Waals surface area contributed by atoms with Gasteiger partial charge in [-0.25, -0.2) is 0 Å². The molecule has 0 aliphatic heterocycles. The summed E-state index contributed by atoms with van der Waals surface area (Å²) < 4.78 is 0. The van der Waals surface area contributed by atoms with Gasteiger partial charge in [0, 0.05) is 17.7 Å². The number of nitrogens with one attached hydrogen (secondary N) is 1. The minimum atomic E-state index is -0.479. The summed E-state index contributed by atoms with van der Waals surface area (Å²) in [6.45, 7) is 0. The molecular weight excluding hydrogens is 338 g/mol. The van der Waals surface area contributed by atoms with Crippen molar-refractivity contribution in [1.29, 1.82) is 0 Å². The molecule has 0 aliphatic carbocycles. The van der Waals surface area contributed by atoms with Crippen molar-refractivity contribution in [2.24, 2.45) is 10.3 Å². The fourth-order valence-corrected chi connectivity index (χ4v) is 2.07. The van der Waals surface area contributed by atoms with Crippen LogP contribution in [0.2, 0.25) is 0 Å². The lowest BCUT2D eigenvalue weighted by molar-refractivity contribution is -0.384. The van der Waals surface area contributed by atoms with Gasteiger partial charge in [-0.2, -0.15) is 15.0 Å². The second-order valence-electron chi connectivity index (χ2n) is 5.01. The molecule has 26 heavy (non-hydrogen) atoms. The van der Waals surface area contributed by atoms with Crippen molar-refractivity contribution >= 4 is 29.0 Å². The van der Waals surface area contributed by atoms with Gasteiger partial charge in [-0.15, -0.1) is 5.11 Å². The summed E-state index contributed by atoms with van der Waals surface area (Å²) in [7, 11) is 0. The SMILES string of the molecule is Nc1nc(N)nc(-c2ccccc2N=NNc2ccc([N+](=O)[O-])cc2)n1. The van der Waals surface area contributed by atoms with Crippen LogP contribution in [0.4, 0.5) is 29.0 Å². The number of hydrogen-bond acceptors (Lipinski definition) is 9. The number of non-ortho nitro benzene ring substituents is 1. The maximum atomic E-state index is 10.6. The molecule has 0 saturated carbocycles. The molecule has 2 aromatic carbocycles. The van der Waals surface area contributed by atoms with E-state index in [0.717, 1.165) is 0 Å². The van der Waals surface area contributed by atoms with Crippen LogP contribution < -0.4 is 16.9 Å². The smallest absolute Gasteiger partial charge is 0.269 e. The first-order chi connectivity index (χ1) is 12.5. The molecule has 130 valence electrons. The minimum absolute atomic E-state index is 0.00301. The topological polar surface area (TPSA) is 171 Å². The largest absolute Gasteiger partial charge is 0.368 e. The summed E-state index contributed by atoms with van der Waals surface area (Å²) >= 11 is 0.